The largest absolute Gasteiger partial charge is 0.461 e. The van der Waals surface area contributed by atoms with Crippen molar-refractivity contribution in [1.82, 2.24) is 15.0 Å². The molecule has 0 fully saturated rings. The normalized spacial score (nSPS) is 10.9. The van der Waals surface area contributed by atoms with Crippen LogP contribution in [-0.2, 0) is 22.6 Å². The number of hydrogen-bond acceptors (Lipinski definition) is 6. The van der Waals surface area contributed by atoms with Crippen LogP contribution in [0.3, 0.4) is 0 Å². The Hall–Kier alpha value is -2.93. The minimum absolute atomic E-state index is 0.0430. The molecule has 3 rings (SSSR count). The van der Waals surface area contributed by atoms with E-state index >= 15 is 0 Å². The molecule has 0 saturated heterocycles. The van der Waals surface area contributed by atoms with Crippen molar-refractivity contribution in [3.63, 3.8) is 0 Å². The van der Waals surface area contributed by atoms with Gasteiger partial charge in [0.2, 0.25) is 17.6 Å². The molecule has 142 valence electrons. The summed E-state index contributed by atoms with van der Waals surface area (Å²) in [5, 5.41) is 3.90. The van der Waals surface area contributed by atoms with E-state index in [1.165, 1.54) is 0 Å². The quantitative estimate of drug-likeness (QED) is 0.545. The summed E-state index contributed by atoms with van der Waals surface area (Å²) in [6.45, 7) is 3.67. The number of furan rings is 1. The molecular formula is C20H23N3O4. The number of benzene rings is 1. The van der Waals surface area contributed by atoms with Crippen LogP contribution in [0.4, 0.5) is 0 Å². The molecule has 0 aliphatic carbocycles. The van der Waals surface area contributed by atoms with Gasteiger partial charge in [0.1, 0.15) is 6.61 Å². The lowest BCUT2D eigenvalue weighted by Crippen LogP contribution is -2.36. The monoisotopic (exact) mass is 369 g/mol. The number of carbonyl (C=O) groups excluding carboxylic acids is 1. The molecule has 2 aromatic heterocycles. The van der Waals surface area contributed by atoms with E-state index in [-0.39, 0.29) is 12.5 Å². The topological polar surface area (TPSA) is 81.6 Å². The summed E-state index contributed by atoms with van der Waals surface area (Å²) in [4.78, 5) is 18.5. The van der Waals surface area contributed by atoms with E-state index in [9.17, 15) is 4.79 Å². The van der Waals surface area contributed by atoms with Gasteiger partial charge in [-0.1, -0.05) is 42.4 Å². The average molecular weight is 369 g/mol. The highest BCUT2D eigenvalue weighted by atomic mass is 16.5. The van der Waals surface area contributed by atoms with E-state index in [0.717, 1.165) is 12.0 Å². The maximum Gasteiger partial charge on any atom is 0.248 e. The molecule has 0 bridgehead atoms. The lowest BCUT2D eigenvalue weighted by molar-refractivity contribution is -0.136. The highest BCUT2D eigenvalue weighted by Crippen LogP contribution is 2.16. The first-order valence-corrected chi connectivity index (χ1v) is 9.02. The minimum Gasteiger partial charge on any atom is -0.461 e. The number of rotatable bonds is 10. The fourth-order valence-corrected chi connectivity index (χ4v) is 2.65. The third-order valence-corrected chi connectivity index (χ3v) is 3.99. The Bertz CT molecular complexity index is 815. The van der Waals surface area contributed by atoms with Crippen LogP contribution < -0.4 is 0 Å². The summed E-state index contributed by atoms with van der Waals surface area (Å²) in [7, 11) is 0. The van der Waals surface area contributed by atoms with Gasteiger partial charge in [0.25, 0.3) is 0 Å². The van der Waals surface area contributed by atoms with Crippen LogP contribution in [0.1, 0.15) is 24.8 Å². The zero-order chi connectivity index (χ0) is 18.9. The Morgan fingerprint density at radius 1 is 1.15 bits per heavy atom. The van der Waals surface area contributed by atoms with Crippen molar-refractivity contribution >= 4 is 5.91 Å². The zero-order valence-electron chi connectivity index (χ0n) is 15.3. The molecule has 7 heteroatoms. The van der Waals surface area contributed by atoms with Crippen LogP contribution in [-0.4, -0.2) is 40.6 Å². The number of carbonyl (C=O) groups is 1. The Morgan fingerprint density at radius 3 is 2.74 bits per heavy atom. The van der Waals surface area contributed by atoms with Crippen LogP contribution in [0, 0.1) is 0 Å². The molecule has 0 unspecified atom stereocenters. The molecule has 3 aromatic rings. The summed E-state index contributed by atoms with van der Waals surface area (Å²) in [5.41, 5.74) is 1.05. The van der Waals surface area contributed by atoms with Crippen LogP contribution in [0.2, 0.25) is 0 Å². The molecule has 0 aliphatic rings. The molecule has 7 nitrogen and oxygen atoms in total. The highest BCUT2D eigenvalue weighted by Gasteiger charge is 2.16. The van der Waals surface area contributed by atoms with E-state index in [1.807, 2.05) is 37.3 Å². The fourth-order valence-electron chi connectivity index (χ4n) is 2.65. The van der Waals surface area contributed by atoms with Crippen molar-refractivity contribution in [3.8, 4) is 11.6 Å². The maximum absolute atomic E-state index is 12.5. The molecule has 2 heterocycles. The van der Waals surface area contributed by atoms with Gasteiger partial charge in [-0.05, 0) is 24.1 Å². The van der Waals surface area contributed by atoms with Crippen molar-refractivity contribution in [1.29, 1.82) is 0 Å². The molecule has 0 atom stereocenters. The first-order chi connectivity index (χ1) is 13.3. The lowest BCUT2D eigenvalue weighted by Gasteiger charge is -2.21. The molecule has 27 heavy (non-hydrogen) atoms. The molecule has 0 N–H and O–H groups in total. The maximum atomic E-state index is 12.5. The van der Waals surface area contributed by atoms with Crippen molar-refractivity contribution in [3.05, 3.63) is 60.2 Å². The van der Waals surface area contributed by atoms with E-state index < -0.39 is 0 Å². The number of nitrogens with zero attached hydrogens (tertiary/aromatic N) is 3. The number of amides is 1. The number of aromatic nitrogens is 2. The van der Waals surface area contributed by atoms with Gasteiger partial charge in [-0.25, -0.2) is 0 Å². The van der Waals surface area contributed by atoms with E-state index in [0.29, 0.717) is 43.6 Å². The molecule has 0 aliphatic heterocycles. The van der Waals surface area contributed by atoms with Gasteiger partial charge in [-0.2, -0.15) is 4.98 Å². The summed E-state index contributed by atoms with van der Waals surface area (Å²) in [5.74, 6) is 1.40. The predicted molar refractivity (Wildman–Crippen MR) is 98.7 cm³/mol. The molecular weight excluding hydrogens is 346 g/mol. The molecule has 1 aromatic carbocycles. The summed E-state index contributed by atoms with van der Waals surface area (Å²) in [6.07, 6.45) is 2.91. The van der Waals surface area contributed by atoms with Crippen LogP contribution >= 0.6 is 0 Å². The molecule has 1 amide bonds. The second kappa shape index (κ2) is 9.68. The van der Waals surface area contributed by atoms with Crippen LogP contribution in [0.25, 0.3) is 11.6 Å². The van der Waals surface area contributed by atoms with E-state index in [2.05, 4.69) is 10.1 Å². The van der Waals surface area contributed by atoms with Gasteiger partial charge in [-0.3, -0.25) is 4.79 Å². The van der Waals surface area contributed by atoms with Crippen molar-refractivity contribution < 1.29 is 18.5 Å². The zero-order valence-corrected chi connectivity index (χ0v) is 15.3. The third-order valence-electron chi connectivity index (χ3n) is 3.99. The van der Waals surface area contributed by atoms with Gasteiger partial charge in [0.15, 0.2) is 5.76 Å². The molecule has 0 spiro atoms. The Kier molecular flexibility index (Phi) is 6.76. The first-order valence-electron chi connectivity index (χ1n) is 9.02. The van der Waals surface area contributed by atoms with Crippen LogP contribution in [0.5, 0.6) is 0 Å². The fraction of sp³-hybridized carbons (Fsp3) is 0.350. The first kappa shape index (κ1) is 18.8. The van der Waals surface area contributed by atoms with Crippen molar-refractivity contribution in [2.75, 3.05) is 19.7 Å². The predicted octanol–water partition coefficient (Wildman–Crippen LogP) is 3.33. The van der Waals surface area contributed by atoms with Gasteiger partial charge in [-0.15, -0.1) is 0 Å². The summed E-state index contributed by atoms with van der Waals surface area (Å²) >= 11 is 0. The second-order valence-corrected chi connectivity index (χ2v) is 6.10. The van der Waals surface area contributed by atoms with Crippen molar-refractivity contribution in [2.45, 2.75) is 26.4 Å². The van der Waals surface area contributed by atoms with Gasteiger partial charge >= 0.3 is 0 Å². The summed E-state index contributed by atoms with van der Waals surface area (Å²) in [6, 6.07) is 13.3. The Balaban J connectivity index is 1.48. The Morgan fingerprint density at radius 2 is 2.00 bits per heavy atom. The van der Waals surface area contributed by atoms with Crippen molar-refractivity contribution in [2.24, 2.45) is 0 Å². The standard InChI is InChI=1S/C20H23N3O4/c1-2-11-23(19(24)15-25-14-16-7-4-3-5-8-16)12-10-18-21-20(22-27-18)17-9-6-13-26-17/h3-9,13H,2,10-12,14-15H2,1H3. The highest BCUT2D eigenvalue weighted by molar-refractivity contribution is 5.77. The third kappa shape index (κ3) is 5.52. The van der Waals surface area contributed by atoms with Gasteiger partial charge in [0.05, 0.1) is 12.9 Å². The smallest absolute Gasteiger partial charge is 0.248 e. The van der Waals surface area contributed by atoms with Gasteiger partial charge < -0.3 is 18.6 Å². The van der Waals surface area contributed by atoms with Gasteiger partial charge in [0, 0.05) is 19.5 Å². The number of ether oxygens (including phenoxy) is 1. The minimum atomic E-state index is -0.0430. The Labute approximate surface area is 157 Å². The molecule has 0 radical (unpaired) electrons. The van der Waals surface area contributed by atoms with Crippen LogP contribution in [0.15, 0.2) is 57.7 Å². The average Bonchev–Trinajstić information content (AvgIpc) is 3.37. The van der Waals surface area contributed by atoms with E-state index in [4.69, 9.17) is 13.7 Å². The molecule has 0 saturated carbocycles. The summed E-state index contributed by atoms with van der Waals surface area (Å²) < 4.78 is 16.1. The van der Waals surface area contributed by atoms with E-state index in [1.54, 1.807) is 23.3 Å². The SMILES string of the molecule is CCCN(CCc1nc(-c2ccco2)no1)C(=O)COCc1ccccc1. The number of hydrogen-bond donors (Lipinski definition) is 0. The lowest BCUT2D eigenvalue weighted by atomic mass is 10.2. The second-order valence-electron chi connectivity index (χ2n) is 6.10.